The number of hydrogen-bond acceptors (Lipinski definition) is 6. The maximum atomic E-state index is 14.0. The molecular formula is C23H18FNO4S3. The van der Waals surface area contributed by atoms with Crippen molar-refractivity contribution in [1.29, 1.82) is 0 Å². The highest BCUT2D eigenvalue weighted by Gasteiger charge is 2.20. The van der Waals surface area contributed by atoms with Crippen molar-refractivity contribution in [2.75, 3.05) is 11.8 Å². The molecule has 0 aliphatic rings. The maximum Gasteiger partial charge on any atom is 0.338 e. The second-order valence-corrected chi connectivity index (χ2v) is 10.8. The molecule has 1 N–H and O–H groups in total. The molecule has 0 radical (unpaired) electrons. The first-order valence-electron chi connectivity index (χ1n) is 9.47. The van der Waals surface area contributed by atoms with Gasteiger partial charge in [-0.3, -0.25) is 4.72 Å². The van der Waals surface area contributed by atoms with Gasteiger partial charge in [-0.2, -0.15) is 0 Å². The van der Waals surface area contributed by atoms with Crippen LogP contribution in [0.5, 0.6) is 0 Å². The quantitative estimate of drug-likeness (QED) is 0.259. The predicted molar refractivity (Wildman–Crippen MR) is 126 cm³/mol. The van der Waals surface area contributed by atoms with E-state index in [1.54, 1.807) is 30.3 Å². The van der Waals surface area contributed by atoms with E-state index in [0.717, 1.165) is 33.1 Å². The van der Waals surface area contributed by atoms with Crippen LogP contribution in [-0.4, -0.2) is 21.5 Å². The zero-order valence-corrected chi connectivity index (χ0v) is 19.3. The van der Waals surface area contributed by atoms with Gasteiger partial charge < -0.3 is 4.74 Å². The van der Waals surface area contributed by atoms with Gasteiger partial charge in [-0.1, -0.05) is 36.4 Å². The van der Waals surface area contributed by atoms with E-state index in [1.165, 1.54) is 31.0 Å². The summed E-state index contributed by atoms with van der Waals surface area (Å²) in [6.07, 6.45) is 0. The lowest BCUT2D eigenvalue weighted by Crippen LogP contribution is -2.12. The molecule has 0 aliphatic heterocycles. The Kier molecular flexibility index (Phi) is 6.50. The number of sulfonamides is 1. The molecule has 0 bridgehead atoms. The van der Waals surface area contributed by atoms with Gasteiger partial charge >= 0.3 is 5.97 Å². The molecule has 0 atom stereocenters. The van der Waals surface area contributed by atoms with Crippen LogP contribution in [0.1, 0.15) is 15.9 Å². The highest BCUT2D eigenvalue weighted by molar-refractivity contribution is 7.99. The lowest BCUT2D eigenvalue weighted by molar-refractivity contribution is 0.0600. The van der Waals surface area contributed by atoms with Gasteiger partial charge in [0.1, 0.15) is 10.0 Å². The summed E-state index contributed by atoms with van der Waals surface area (Å²) >= 11 is 2.44. The van der Waals surface area contributed by atoms with Crippen LogP contribution < -0.4 is 4.72 Å². The number of halogens is 1. The molecule has 0 spiro atoms. The Balaban J connectivity index is 1.61. The van der Waals surface area contributed by atoms with Gasteiger partial charge in [-0.05, 0) is 47.3 Å². The molecule has 1 heterocycles. The van der Waals surface area contributed by atoms with Gasteiger partial charge in [-0.25, -0.2) is 17.6 Å². The molecule has 5 nitrogen and oxygen atoms in total. The summed E-state index contributed by atoms with van der Waals surface area (Å²) in [5.41, 5.74) is 1.30. The Hall–Kier alpha value is -2.88. The molecule has 4 rings (SSSR count). The number of ether oxygens (including phenoxy) is 1. The van der Waals surface area contributed by atoms with E-state index in [1.807, 2.05) is 24.3 Å². The summed E-state index contributed by atoms with van der Waals surface area (Å²) in [6, 6.07) is 19.9. The van der Waals surface area contributed by atoms with Crippen molar-refractivity contribution in [2.45, 2.75) is 14.9 Å². The molecule has 0 fully saturated rings. The molecule has 1 aromatic heterocycles. The maximum absolute atomic E-state index is 14.0. The van der Waals surface area contributed by atoms with Crippen molar-refractivity contribution >= 4 is 54.9 Å². The Labute approximate surface area is 193 Å². The molecule has 0 saturated heterocycles. The number of methoxy groups -OCH3 is 1. The van der Waals surface area contributed by atoms with E-state index >= 15 is 0 Å². The SMILES string of the molecule is COC(=O)c1ccccc1CSc1ccc(F)cc1NS(=O)(=O)c1cc2ccccc2s1. The zero-order chi connectivity index (χ0) is 22.7. The van der Waals surface area contributed by atoms with Crippen LogP contribution in [0, 0.1) is 5.82 Å². The number of nitrogens with one attached hydrogen (secondary N) is 1. The molecule has 3 aromatic carbocycles. The topological polar surface area (TPSA) is 72.5 Å². The monoisotopic (exact) mass is 487 g/mol. The Bertz CT molecular complexity index is 1370. The predicted octanol–water partition coefficient (Wildman–Crippen LogP) is 5.92. The van der Waals surface area contributed by atoms with Gasteiger partial charge in [-0.15, -0.1) is 23.1 Å². The molecule has 164 valence electrons. The third-order valence-corrected chi connectivity index (χ3v) is 8.74. The first-order chi connectivity index (χ1) is 15.4. The Morgan fingerprint density at radius 1 is 1.06 bits per heavy atom. The highest BCUT2D eigenvalue weighted by Crippen LogP contribution is 2.35. The van der Waals surface area contributed by atoms with E-state index in [2.05, 4.69) is 4.72 Å². The summed E-state index contributed by atoms with van der Waals surface area (Å²) in [6.45, 7) is 0. The van der Waals surface area contributed by atoms with Crippen molar-refractivity contribution in [1.82, 2.24) is 0 Å². The van der Waals surface area contributed by atoms with E-state index in [4.69, 9.17) is 4.74 Å². The fourth-order valence-corrected chi connectivity index (χ4v) is 6.63. The van der Waals surface area contributed by atoms with Crippen LogP contribution >= 0.6 is 23.1 Å². The number of esters is 1. The Morgan fingerprint density at radius 2 is 1.81 bits per heavy atom. The molecule has 9 heteroatoms. The van der Waals surface area contributed by atoms with Crippen LogP contribution in [0.2, 0.25) is 0 Å². The van der Waals surface area contributed by atoms with E-state index in [-0.39, 0.29) is 9.90 Å². The number of benzene rings is 3. The third-order valence-electron chi connectivity index (χ3n) is 4.66. The lowest BCUT2D eigenvalue weighted by Gasteiger charge is -2.13. The van der Waals surface area contributed by atoms with Crippen LogP contribution in [0.15, 0.2) is 81.9 Å². The largest absolute Gasteiger partial charge is 0.465 e. The fraction of sp³-hybridized carbons (Fsp3) is 0.0870. The van der Waals surface area contributed by atoms with Crippen LogP contribution in [0.4, 0.5) is 10.1 Å². The summed E-state index contributed by atoms with van der Waals surface area (Å²) in [7, 11) is -2.60. The van der Waals surface area contributed by atoms with E-state index in [9.17, 15) is 17.6 Å². The van der Waals surface area contributed by atoms with Crippen LogP contribution in [0.25, 0.3) is 10.1 Å². The lowest BCUT2D eigenvalue weighted by atomic mass is 10.1. The highest BCUT2D eigenvalue weighted by atomic mass is 32.2. The molecular weight excluding hydrogens is 469 g/mol. The number of carbonyl (C=O) groups excluding carboxylic acids is 1. The van der Waals surface area contributed by atoms with Gasteiger partial charge in [0.2, 0.25) is 0 Å². The molecule has 0 aliphatic carbocycles. The summed E-state index contributed by atoms with van der Waals surface area (Å²) in [4.78, 5) is 12.5. The van der Waals surface area contributed by atoms with Gasteiger partial charge in [0.25, 0.3) is 10.0 Å². The molecule has 0 unspecified atom stereocenters. The number of hydrogen-bond donors (Lipinski definition) is 1. The number of rotatable bonds is 7. The molecule has 0 saturated carbocycles. The number of thiophene rings is 1. The standard InChI is InChI=1S/C23H18FNO4S3/c1-29-23(26)18-8-4-2-7-16(18)14-30-21-11-10-17(24)13-19(21)25-32(27,28)22-12-15-6-3-5-9-20(15)31-22/h2-13,25H,14H2,1H3. The summed E-state index contributed by atoms with van der Waals surface area (Å²) in [5, 5.41) is 0.825. The van der Waals surface area contributed by atoms with E-state index in [0.29, 0.717) is 16.2 Å². The van der Waals surface area contributed by atoms with E-state index < -0.39 is 21.8 Å². The van der Waals surface area contributed by atoms with Crippen molar-refractivity contribution in [3.63, 3.8) is 0 Å². The minimum absolute atomic E-state index is 0.142. The summed E-state index contributed by atoms with van der Waals surface area (Å²) in [5.74, 6) is -0.640. The van der Waals surface area contributed by atoms with Crippen LogP contribution in [0.3, 0.4) is 0 Å². The first-order valence-corrected chi connectivity index (χ1v) is 12.8. The second kappa shape index (κ2) is 9.32. The minimum atomic E-state index is -3.91. The van der Waals surface area contributed by atoms with Crippen LogP contribution in [-0.2, 0) is 20.5 Å². The average Bonchev–Trinajstić information content (AvgIpc) is 3.23. The van der Waals surface area contributed by atoms with Crippen molar-refractivity contribution in [2.24, 2.45) is 0 Å². The second-order valence-electron chi connectivity index (χ2n) is 6.79. The average molecular weight is 488 g/mol. The van der Waals surface area contributed by atoms with Gasteiger partial charge in [0, 0.05) is 15.3 Å². The van der Waals surface area contributed by atoms with Gasteiger partial charge in [0.05, 0.1) is 18.4 Å². The smallest absolute Gasteiger partial charge is 0.338 e. The zero-order valence-electron chi connectivity index (χ0n) is 16.9. The first kappa shape index (κ1) is 22.3. The molecule has 4 aromatic rings. The fourth-order valence-electron chi connectivity index (χ4n) is 3.10. The normalized spacial score (nSPS) is 11.4. The van der Waals surface area contributed by atoms with Crippen molar-refractivity contribution in [3.05, 3.63) is 89.7 Å². The van der Waals surface area contributed by atoms with Crippen molar-refractivity contribution < 1.29 is 22.3 Å². The number of anilines is 1. The van der Waals surface area contributed by atoms with Crippen molar-refractivity contribution in [3.8, 4) is 0 Å². The molecule has 32 heavy (non-hydrogen) atoms. The molecule has 0 amide bonds. The van der Waals surface area contributed by atoms with Gasteiger partial charge in [0.15, 0.2) is 0 Å². The Morgan fingerprint density at radius 3 is 2.59 bits per heavy atom. The number of fused-ring (bicyclic) bond motifs is 1. The third kappa shape index (κ3) is 4.79. The minimum Gasteiger partial charge on any atom is -0.465 e. The number of thioether (sulfide) groups is 1. The number of carbonyl (C=O) groups is 1. The summed E-state index contributed by atoms with van der Waals surface area (Å²) < 4.78 is 48.3.